The Balaban J connectivity index is 1.56. The molecule has 0 aliphatic carbocycles. The van der Waals surface area contributed by atoms with Gasteiger partial charge in [0.2, 0.25) is 0 Å². The molecule has 0 aromatic carbocycles. The van der Waals surface area contributed by atoms with Gasteiger partial charge in [0, 0.05) is 51.2 Å². The van der Waals surface area contributed by atoms with Gasteiger partial charge in [-0.1, -0.05) is 6.92 Å². The van der Waals surface area contributed by atoms with Crippen molar-refractivity contribution in [3.63, 3.8) is 0 Å². The minimum Gasteiger partial charge on any atom is -0.382 e. The molecule has 1 aromatic rings. The highest BCUT2D eigenvalue weighted by Gasteiger charge is 2.22. The number of carbonyl (C=O) groups is 1. The molecule has 2 fully saturated rings. The summed E-state index contributed by atoms with van der Waals surface area (Å²) in [5, 5.41) is 3.36. The van der Waals surface area contributed by atoms with E-state index in [1.165, 1.54) is 0 Å². The van der Waals surface area contributed by atoms with Crippen LogP contribution in [-0.2, 0) is 4.74 Å². The van der Waals surface area contributed by atoms with E-state index in [2.05, 4.69) is 22.1 Å². The summed E-state index contributed by atoms with van der Waals surface area (Å²) in [6.07, 6.45) is 4.22. The first-order chi connectivity index (χ1) is 11.3. The highest BCUT2D eigenvalue weighted by atomic mass is 16.5. The lowest BCUT2D eigenvalue weighted by atomic mass is 10.2. The van der Waals surface area contributed by atoms with E-state index in [0.717, 1.165) is 64.4 Å². The Hall–Kier alpha value is -1.66. The van der Waals surface area contributed by atoms with Gasteiger partial charge in [-0.25, -0.2) is 0 Å². The number of ether oxygens (including phenoxy) is 1. The van der Waals surface area contributed by atoms with Gasteiger partial charge >= 0.3 is 0 Å². The summed E-state index contributed by atoms with van der Waals surface area (Å²) >= 11 is 0. The maximum atomic E-state index is 12.6. The van der Waals surface area contributed by atoms with Gasteiger partial charge in [0.15, 0.2) is 0 Å². The first-order valence-electron chi connectivity index (χ1n) is 8.59. The molecule has 1 atom stereocenters. The molecule has 23 heavy (non-hydrogen) atoms. The van der Waals surface area contributed by atoms with Crippen LogP contribution in [0.25, 0.3) is 0 Å². The molecule has 1 aromatic heterocycles. The predicted octanol–water partition coefficient (Wildman–Crippen LogP) is 1.45. The number of hydrogen-bond donors (Lipinski definition) is 1. The lowest BCUT2D eigenvalue weighted by Gasteiger charge is -2.33. The standard InChI is InChI=1S/C17H26N4O2/c1-2-20-7-9-21(10-8-20)17(22)16-12-14(5-6-18-16)19-13-15-4-3-11-23-15/h5-6,12,15H,2-4,7-11,13H2,1H3,(H,18,19). The molecular weight excluding hydrogens is 292 g/mol. The predicted molar refractivity (Wildman–Crippen MR) is 89.7 cm³/mol. The summed E-state index contributed by atoms with van der Waals surface area (Å²) in [6, 6.07) is 3.75. The molecule has 1 amide bonds. The van der Waals surface area contributed by atoms with Crippen molar-refractivity contribution in [2.24, 2.45) is 0 Å². The van der Waals surface area contributed by atoms with E-state index >= 15 is 0 Å². The SMILES string of the molecule is CCN1CCN(C(=O)c2cc(NCC3CCCO3)ccn2)CC1. The lowest BCUT2D eigenvalue weighted by molar-refractivity contribution is 0.0637. The largest absolute Gasteiger partial charge is 0.382 e. The monoisotopic (exact) mass is 318 g/mol. The molecule has 2 saturated heterocycles. The highest BCUT2D eigenvalue weighted by Crippen LogP contribution is 2.15. The molecule has 0 radical (unpaired) electrons. The number of pyridine rings is 1. The van der Waals surface area contributed by atoms with Crippen molar-refractivity contribution >= 4 is 11.6 Å². The van der Waals surface area contributed by atoms with Gasteiger partial charge < -0.3 is 19.9 Å². The summed E-state index contributed by atoms with van der Waals surface area (Å²) in [5.74, 6) is 0.0292. The fraction of sp³-hybridized carbons (Fsp3) is 0.647. The number of hydrogen-bond acceptors (Lipinski definition) is 5. The summed E-state index contributed by atoms with van der Waals surface area (Å²) in [5.41, 5.74) is 1.46. The lowest BCUT2D eigenvalue weighted by Crippen LogP contribution is -2.48. The van der Waals surface area contributed by atoms with Crippen LogP contribution in [0.15, 0.2) is 18.3 Å². The Kier molecular flexibility index (Phi) is 5.46. The van der Waals surface area contributed by atoms with E-state index in [1.807, 2.05) is 17.0 Å². The van der Waals surface area contributed by atoms with Gasteiger partial charge in [-0.3, -0.25) is 9.78 Å². The Morgan fingerprint density at radius 2 is 2.22 bits per heavy atom. The van der Waals surface area contributed by atoms with Gasteiger partial charge in [0.1, 0.15) is 5.69 Å². The van der Waals surface area contributed by atoms with Crippen LogP contribution in [0.5, 0.6) is 0 Å². The van der Waals surface area contributed by atoms with E-state index in [-0.39, 0.29) is 12.0 Å². The quantitative estimate of drug-likeness (QED) is 0.890. The molecule has 6 heteroatoms. The number of rotatable bonds is 5. The van der Waals surface area contributed by atoms with Gasteiger partial charge in [0.25, 0.3) is 5.91 Å². The van der Waals surface area contributed by atoms with E-state index in [4.69, 9.17) is 4.74 Å². The number of likely N-dealkylation sites (N-methyl/N-ethyl adjacent to an activating group) is 1. The maximum Gasteiger partial charge on any atom is 0.272 e. The van der Waals surface area contributed by atoms with Gasteiger partial charge in [0.05, 0.1) is 6.10 Å². The molecule has 1 unspecified atom stereocenters. The van der Waals surface area contributed by atoms with E-state index in [1.54, 1.807) is 6.20 Å². The number of carbonyl (C=O) groups excluding carboxylic acids is 1. The van der Waals surface area contributed by atoms with Crippen LogP contribution in [0.2, 0.25) is 0 Å². The van der Waals surface area contributed by atoms with E-state index in [0.29, 0.717) is 5.69 Å². The molecule has 2 aliphatic heterocycles. The number of anilines is 1. The molecule has 3 heterocycles. The minimum absolute atomic E-state index is 0.0292. The molecular formula is C17H26N4O2. The number of nitrogens with zero attached hydrogens (tertiary/aromatic N) is 3. The molecule has 0 spiro atoms. The van der Waals surface area contributed by atoms with Gasteiger partial charge in [-0.15, -0.1) is 0 Å². The molecule has 0 bridgehead atoms. The average Bonchev–Trinajstić information content (AvgIpc) is 3.13. The first kappa shape index (κ1) is 16.2. The summed E-state index contributed by atoms with van der Waals surface area (Å²) < 4.78 is 5.61. The van der Waals surface area contributed by atoms with Crippen LogP contribution < -0.4 is 5.32 Å². The van der Waals surface area contributed by atoms with E-state index < -0.39 is 0 Å². The van der Waals surface area contributed by atoms with Crippen molar-refractivity contribution < 1.29 is 9.53 Å². The Labute approximate surface area is 137 Å². The maximum absolute atomic E-state index is 12.6. The molecule has 6 nitrogen and oxygen atoms in total. The third-order valence-corrected chi connectivity index (χ3v) is 4.64. The topological polar surface area (TPSA) is 57.7 Å². The van der Waals surface area contributed by atoms with Crippen LogP contribution in [0.3, 0.4) is 0 Å². The molecule has 0 saturated carbocycles. The zero-order chi connectivity index (χ0) is 16.1. The number of aromatic nitrogens is 1. The number of piperazine rings is 1. The Morgan fingerprint density at radius 1 is 1.39 bits per heavy atom. The zero-order valence-corrected chi connectivity index (χ0v) is 13.8. The first-order valence-corrected chi connectivity index (χ1v) is 8.59. The average molecular weight is 318 g/mol. The summed E-state index contributed by atoms with van der Waals surface area (Å²) in [4.78, 5) is 21.1. The number of nitrogens with one attached hydrogen (secondary N) is 1. The van der Waals surface area contributed by atoms with Crippen LogP contribution in [0, 0.1) is 0 Å². The fourth-order valence-electron chi connectivity index (χ4n) is 3.12. The smallest absolute Gasteiger partial charge is 0.272 e. The fourth-order valence-corrected chi connectivity index (χ4v) is 3.12. The molecule has 1 N–H and O–H groups in total. The van der Waals surface area contributed by atoms with Crippen molar-refractivity contribution in [2.45, 2.75) is 25.9 Å². The third-order valence-electron chi connectivity index (χ3n) is 4.64. The van der Waals surface area contributed by atoms with Crippen LogP contribution in [-0.4, -0.2) is 72.7 Å². The molecule has 2 aliphatic rings. The van der Waals surface area contributed by atoms with Gasteiger partial charge in [-0.2, -0.15) is 0 Å². The van der Waals surface area contributed by atoms with E-state index in [9.17, 15) is 4.79 Å². The number of amides is 1. The van der Waals surface area contributed by atoms with Crippen molar-refractivity contribution in [3.05, 3.63) is 24.0 Å². The second-order valence-electron chi connectivity index (χ2n) is 6.17. The highest BCUT2D eigenvalue weighted by molar-refractivity contribution is 5.93. The van der Waals surface area contributed by atoms with Crippen molar-refractivity contribution in [1.82, 2.24) is 14.8 Å². The van der Waals surface area contributed by atoms with Crippen LogP contribution in [0.1, 0.15) is 30.3 Å². The minimum atomic E-state index is 0.0292. The van der Waals surface area contributed by atoms with Gasteiger partial charge in [-0.05, 0) is 31.5 Å². The molecule has 126 valence electrons. The Bertz CT molecular complexity index is 523. The summed E-state index contributed by atoms with van der Waals surface area (Å²) in [7, 11) is 0. The summed E-state index contributed by atoms with van der Waals surface area (Å²) in [6.45, 7) is 8.29. The third kappa shape index (κ3) is 4.20. The van der Waals surface area contributed by atoms with Crippen molar-refractivity contribution in [3.8, 4) is 0 Å². The normalized spacial score (nSPS) is 22.3. The second-order valence-corrected chi connectivity index (χ2v) is 6.17. The van der Waals surface area contributed by atoms with Crippen molar-refractivity contribution in [2.75, 3.05) is 51.2 Å². The second kappa shape index (κ2) is 7.75. The Morgan fingerprint density at radius 3 is 2.91 bits per heavy atom. The van der Waals surface area contributed by atoms with Crippen LogP contribution >= 0.6 is 0 Å². The molecule has 3 rings (SSSR count). The van der Waals surface area contributed by atoms with Crippen LogP contribution in [0.4, 0.5) is 5.69 Å². The van der Waals surface area contributed by atoms with Crippen molar-refractivity contribution in [1.29, 1.82) is 0 Å². The zero-order valence-electron chi connectivity index (χ0n) is 13.8.